The zero-order chi connectivity index (χ0) is 16.0. The van der Waals surface area contributed by atoms with Gasteiger partial charge in [-0.1, -0.05) is 25.4 Å². The van der Waals surface area contributed by atoms with Gasteiger partial charge in [-0.15, -0.1) is 0 Å². The number of aliphatic hydroxyl groups excluding tert-OH is 1. The van der Waals surface area contributed by atoms with Gasteiger partial charge in [-0.2, -0.15) is 0 Å². The predicted molar refractivity (Wildman–Crippen MR) is 80.6 cm³/mol. The second-order valence-corrected chi connectivity index (χ2v) is 5.02. The summed E-state index contributed by atoms with van der Waals surface area (Å²) in [7, 11) is 0. The summed E-state index contributed by atoms with van der Waals surface area (Å²) < 4.78 is 0. The largest absolute Gasteiger partial charge is 0.395 e. The van der Waals surface area contributed by atoms with Crippen molar-refractivity contribution in [3.05, 3.63) is 38.9 Å². The Morgan fingerprint density at radius 2 is 2.05 bits per heavy atom. The van der Waals surface area contributed by atoms with Crippen molar-refractivity contribution in [1.82, 2.24) is 4.90 Å². The molecule has 0 spiro atoms. The lowest BCUT2D eigenvalue weighted by Crippen LogP contribution is -2.41. The Hall–Kier alpha value is -1.66. The van der Waals surface area contributed by atoms with E-state index in [9.17, 15) is 14.9 Å². The summed E-state index contributed by atoms with van der Waals surface area (Å²) in [6.07, 6.45) is 1.51. The van der Waals surface area contributed by atoms with Crippen molar-refractivity contribution < 1.29 is 14.8 Å². The molecule has 0 unspecified atom stereocenters. The molecule has 6 nitrogen and oxygen atoms in total. The molecular weight excluding hydrogens is 296 g/mol. The van der Waals surface area contributed by atoms with Gasteiger partial charge in [0.25, 0.3) is 11.6 Å². The number of amides is 1. The van der Waals surface area contributed by atoms with E-state index in [4.69, 9.17) is 16.7 Å². The van der Waals surface area contributed by atoms with Gasteiger partial charge in [-0.25, -0.2) is 0 Å². The van der Waals surface area contributed by atoms with E-state index in [1.54, 1.807) is 4.90 Å². The van der Waals surface area contributed by atoms with E-state index in [2.05, 4.69) is 0 Å². The molecule has 0 saturated carbocycles. The third-order valence-corrected chi connectivity index (χ3v) is 3.69. The second-order valence-electron chi connectivity index (χ2n) is 4.61. The van der Waals surface area contributed by atoms with Gasteiger partial charge in [0.05, 0.1) is 22.1 Å². The quantitative estimate of drug-likeness (QED) is 0.619. The zero-order valence-corrected chi connectivity index (χ0v) is 12.8. The normalized spacial score (nSPS) is 10.7. The van der Waals surface area contributed by atoms with E-state index in [1.807, 2.05) is 13.8 Å². The molecule has 1 rings (SSSR count). The Morgan fingerprint density at radius 1 is 1.43 bits per heavy atom. The molecular formula is C14H19ClN2O4. The van der Waals surface area contributed by atoms with Gasteiger partial charge in [0.15, 0.2) is 0 Å². The Kier molecular flexibility index (Phi) is 6.58. The maximum atomic E-state index is 12.6. The van der Waals surface area contributed by atoms with Crippen LogP contribution < -0.4 is 0 Å². The van der Waals surface area contributed by atoms with Crippen LogP contribution in [0.25, 0.3) is 0 Å². The average molecular weight is 315 g/mol. The van der Waals surface area contributed by atoms with E-state index in [1.165, 1.54) is 18.2 Å². The molecule has 0 aliphatic rings. The first-order chi connectivity index (χ1) is 9.96. The molecule has 21 heavy (non-hydrogen) atoms. The number of halogens is 1. The molecule has 0 aliphatic heterocycles. The highest BCUT2D eigenvalue weighted by atomic mass is 35.5. The third-order valence-electron chi connectivity index (χ3n) is 3.38. The first kappa shape index (κ1) is 17.4. The number of benzene rings is 1. The molecule has 1 amide bonds. The average Bonchev–Trinajstić information content (AvgIpc) is 2.46. The number of nitro benzene ring substituents is 1. The minimum absolute atomic E-state index is 0.00379. The highest BCUT2D eigenvalue weighted by Gasteiger charge is 2.24. The van der Waals surface area contributed by atoms with E-state index in [0.29, 0.717) is 0 Å². The summed E-state index contributed by atoms with van der Waals surface area (Å²) >= 11 is 5.99. The van der Waals surface area contributed by atoms with Crippen LogP contribution in [0.1, 0.15) is 37.0 Å². The van der Waals surface area contributed by atoms with Gasteiger partial charge >= 0.3 is 0 Å². The summed E-state index contributed by atoms with van der Waals surface area (Å²) in [5.41, 5.74) is 0.0513. The van der Waals surface area contributed by atoms with Crippen LogP contribution in [0.15, 0.2) is 18.2 Å². The number of carbonyl (C=O) groups excluding carboxylic acids is 1. The molecule has 0 aromatic heterocycles. The Labute approximate surface area is 128 Å². The smallest absolute Gasteiger partial charge is 0.270 e. The molecule has 1 aromatic carbocycles. The van der Waals surface area contributed by atoms with E-state index < -0.39 is 4.92 Å². The van der Waals surface area contributed by atoms with Crippen LogP contribution in [0.2, 0.25) is 5.02 Å². The first-order valence-electron chi connectivity index (χ1n) is 6.81. The number of rotatable bonds is 7. The summed E-state index contributed by atoms with van der Waals surface area (Å²) in [5.74, 6) is -0.322. The number of non-ortho nitro benzene ring substituents is 1. The molecule has 0 heterocycles. The van der Waals surface area contributed by atoms with Crippen LogP contribution in [0, 0.1) is 10.1 Å². The van der Waals surface area contributed by atoms with Crippen molar-refractivity contribution in [2.24, 2.45) is 0 Å². The van der Waals surface area contributed by atoms with Crippen molar-refractivity contribution in [3.8, 4) is 0 Å². The number of nitrogens with zero attached hydrogens (tertiary/aromatic N) is 2. The third kappa shape index (κ3) is 4.15. The fourth-order valence-electron chi connectivity index (χ4n) is 2.23. The summed E-state index contributed by atoms with van der Waals surface area (Å²) in [6.45, 7) is 3.98. The molecule has 116 valence electrons. The molecule has 0 fully saturated rings. The molecule has 0 aliphatic carbocycles. The highest BCUT2D eigenvalue weighted by Crippen LogP contribution is 2.25. The van der Waals surface area contributed by atoms with Crippen LogP contribution >= 0.6 is 11.6 Å². The Bertz CT molecular complexity index is 518. The van der Waals surface area contributed by atoms with Gasteiger partial charge in [-0.3, -0.25) is 14.9 Å². The maximum Gasteiger partial charge on any atom is 0.270 e. The molecule has 0 saturated heterocycles. The van der Waals surface area contributed by atoms with Crippen LogP contribution in [-0.2, 0) is 0 Å². The number of aliphatic hydroxyl groups is 1. The van der Waals surface area contributed by atoms with E-state index in [-0.39, 0.29) is 41.4 Å². The molecule has 7 heteroatoms. The molecule has 0 radical (unpaired) electrons. The Morgan fingerprint density at radius 3 is 2.48 bits per heavy atom. The topological polar surface area (TPSA) is 83.7 Å². The Balaban J connectivity index is 3.11. The van der Waals surface area contributed by atoms with Crippen LogP contribution in [-0.4, -0.2) is 40.0 Å². The number of carbonyl (C=O) groups is 1. The minimum atomic E-state index is -0.563. The lowest BCUT2D eigenvalue weighted by Gasteiger charge is -2.30. The van der Waals surface area contributed by atoms with Crippen LogP contribution in [0.4, 0.5) is 5.69 Å². The summed E-state index contributed by atoms with van der Waals surface area (Å²) in [4.78, 5) is 24.2. The van der Waals surface area contributed by atoms with Gasteiger partial charge < -0.3 is 10.0 Å². The predicted octanol–water partition coefficient (Wildman–Crippen LogP) is 2.87. The molecule has 1 N–H and O–H groups in total. The minimum Gasteiger partial charge on any atom is -0.395 e. The maximum absolute atomic E-state index is 12.6. The lowest BCUT2D eigenvalue weighted by atomic mass is 10.1. The fourth-order valence-corrected chi connectivity index (χ4v) is 2.49. The van der Waals surface area contributed by atoms with E-state index >= 15 is 0 Å². The van der Waals surface area contributed by atoms with Crippen molar-refractivity contribution in [2.75, 3.05) is 13.2 Å². The zero-order valence-electron chi connectivity index (χ0n) is 12.1. The SMILES string of the molecule is CCC(CC)N(CCO)C(=O)c1ccc([N+](=O)[O-])cc1Cl. The number of nitro groups is 1. The number of hydrogen-bond donors (Lipinski definition) is 1. The summed E-state index contributed by atoms with van der Waals surface area (Å²) in [6, 6.07) is 3.77. The summed E-state index contributed by atoms with van der Waals surface area (Å²) in [5, 5.41) is 19.9. The van der Waals surface area contributed by atoms with Crippen LogP contribution in [0.5, 0.6) is 0 Å². The van der Waals surface area contributed by atoms with Crippen molar-refractivity contribution in [3.63, 3.8) is 0 Å². The van der Waals surface area contributed by atoms with Crippen molar-refractivity contribution >= 4 is 23.2 Å². The van der Waals surface area contributed by atoms with Gasteiger partial charge in [0, 0.05) is 24.7 Å². The molecule has 1 aromatic rings. The molecule has 0 bridgehead atoms. The van der Waals surface area contributed by atoms with Gasteiger partial charge in [0.2, 0.25) is 0 Å². The highest BCUT2D eigenvalue weighted by molar-refractivity contribution is 6.34. The molecule has 0 atom stereocenters. The first-order valence-corrected chi connectivity index (χ1v) is 7.19. The van der Waals surface area contributed by atoms with Crippen LogP contribution in [0.3, 0.4) is 0 Å². The van der Waals surface area contributed by atoms with Gasteiger partial charge in [0.1, 0.15) is 0 Å². The van der Waals surface area contributed by atoms with Gasteiger partial charge in [-0.05, 0) is 18.9 Å². The van der Waals surface area contributed by atoms with Crippen molar-refractivity contribution in [1.29, 1.82) is 0 Å². The van der Waals surface area contributed by atoms with Crippen molar-refractivity contribution in [2.45, 2.75) is 32.7 Å². The number of hydrogen-bond acceptors (Lipinski definition) is 4. The standard InChI is InChI=1S/C14H19ClN2O4/c1-3-10(4-2)16(7-8-18)14(19)12-6-5-11(17(20)21)9-13(12)15/h5-6,9-10,18H,3-4,7-8H2,1-2H3. The monoisotopic (exact) mass is 314 g/mol. The fraction of sp³-hybridized carbons (Fsp3) is 0.500. The lowest BCUT2D eigenvalue weighted by molar-refractivity contribution is -0.384. The van der Waals surface area contributed by atoms with E-state index in [0.717, 1.165) is 12.8 Å². The second kappa shape index (κ2) is 7.95.